The van der Waals surface area contributed by atoms with Crippen LogP contribution in [0.1, 0.15) is 11.5 Å². The van der Waals surface area contributed by atoms with Crippen LogP contribution in [0.4, 0.5) is 0 Å². The Morgan fingerprint density at radius 3 is 2.76 bits per heavy atom. The molecular formula is C11H10N4O2. The highest BCUT2D eigenvalue weighted by Gasteiger charge is 2.13. The summed E-state index contributed by atoms with van der Waals surface area (Å²) in [6.07, 6.45) is 0. The second-order valence-corrected chi connectivity index (χ2v) is 3.87. The Balaban J connectivity index is 2.27. The van der Waals surface area contributed by atoms with Gasteiger partial charge in [0.25, 0.3) is 0 Å². The van der Waals surface area contributed by atoms with E-state index in [2.05, 4.69) is 20.1 Å². The van der Waals surface area contributed by atoms with Gasteiger partial charge in [0, 0.05) is 0 Å². The second-order valence-electron chi connectivity index (χ2n) is 3.87. The zero-order chi connectivity index (χ0) is 12.0. The first-order valence-electron chi connectivity index (χ1n) is 5.17. The maximum absolute atomic E-state index is 11.1. The lowest BCUT2D eigenvalue weighted by Crippen LogP contribution is -1.99. The van der Waals surface area contributed by atoms with E-state index in [1.54, 1.807) is 6.07 Å². The van der Waals surface area contributed by atoms with Crippen molar-refractivity contribution in [3.63, 3.8) is 0 Å². The van der Waals surface area contributed by atoms with Crippen molar-refractivity contribution in [1.29, 1.82) is 0 Å². The Morgan fingerprint density at radius 1 is 1.24 bits per heavy atom. The average molecular weight is 230 g/mol. The number of nitrogens with zero attached hydrogens (tertiary/aromatic N) is 2. The number of H-pyrrole nitrogens is 2. The highest BCUT2D eigenvalue weighted by atomic mass is 16.5. The topological polar surface area (TPSA) is 87.6 Å². The number of imidazole rings is 1. The quantitative estimate of drug-likeness (QED) is 0.663. The van der Waals surface area contributed by atoms with Gasteiger partial charge in [0.1, 0.15) is 5.76 Å². The molecule has 0 saturated heterocycles. The van der Waals surface area contributed by atoms with E-state index in [0.717, 1.165) is 17.0 Å². The van der Waals surface area contributed by atoms with Crippen molar-refractivity contribution in [2.45, 2.75) is 13.8 Å². The molecule has 6 heteroatoms. The van der Waals surface area contributed by atoms with E-state index >= 15 is 0 Å². The molecule has 86 valence electrons. The summed E-state index contributed by atoms with van der Waals surface area (Å²) in [5, 5.41) is 3.88. The average Bonchev–Trinajstić information content (AvgIpc) is 2.80. The smallest absolute Gasteiger partial charge is 0.325 e. The Morgan fingerprint density at radius 2 is 2.06 bits per heavy atom. The summed E-state index contributed by atoms with van der Waals surface area (Å²) in [4.78, 5) is 20.8. The van der Waals surface area contributed by atoms with Crippen molar-refractivity contribution in [2.24, 2.45) is 0 Å². The molecule has 3 aromatic heterocycles. The predicted molar refractivity (Wildman–Crippen MR) is 61.7 cm³/mol. The van der Waals surface area contributed by atoms with Crippen molar-refractivity contribution in [1.82, 2.24) is 20.1 Å². The molecule has 6 nitrogen and oxygen atoms in total. The van der Waals surface area contributed by atoms with E-state index in [0.29, 0.717) is 16.9 Å². The summed E-state index contributed by atoms with van der Waals surface area (Å²) in [5.74, 6) is 0.715. The van der Waals surface area contributed by atoms with Crippen LogP contribution in [0.15, 0.2) is 21.5 Å². The third-order valence-corrected chi connectivity index (χ3v) is 2.66. The zero-order valence-corrected chi connectivity index (χ0v) is 9.37. The minimum Gasteiger partial charge on any atom is -0.361 e. The van der Waals surface area contributed by atoms with E-state index in [1.807, 2.05) is 19.9 Å². The Labute approximate surface area is 95.7 Å². The van der Waals surface area contributed by atoms with Crippen LogP contribution >= 0.6 is 0 Å². The largest absolute Gasteiger partial charge is 0.361 e. The normalized spacial score (nSPS) is 11.2. The first-order valence-corrected chi connectivity index (χ1v) is 5.17. The molecule has 0 amide bonds. The third kappa shape index (κ3) is 1.45. The van der Waals surface area contributed by atoms with Crippen LogP contribution in [0.5, 0.6) is 0 Å². The zero-order valence-electron chi connectivity index (χ0n) is 9.37. The van der Waals surface area contributed by atoms with Gasteiger partial charge in [0.2, 0.25) is 0 Å². The van der Waals surface area contributed by atoms with Gasteiger partial charge in [-0.25, -0.2) is 9.78 Å². The van der Waals surface area contributed by atoms with Gasteiger partial charge in [0.05, 0.1) is 22.5 Å². The summed E-state index contributed by atoms with van der Waals surface area (Å²) in [6.45, 7) is 3.69. The maximum Gasteiger partial charge on any atom is 0.325 e. The molecule has 0 spiro atoms. The fraction of sp³-hybridized carbons (Fsp3) is 0.182. The molecule has 2 N–H and O–H groups in total. The number of aryl methyl sites for hydroxylation is 2. The van der Waals surface area contributed by atoms with Gasteiger partial charge in [-0.2, -0.15) is 0 Å². The van der Waals surface area contributed by atoms with Crippen LogP contribution < -0.4 is 5.69 Å². The fourth-order valence-electron chi connectivity index (χ4n) is 1.90. The molecule has 0 atom stereocenters. The summed E-state index contributed by atoms with van der Waals surface area (Å²) < 4.78 is 5.10. The van der Waals surface area contributed by atoms with E-state index in [4.69, 9.17) is 4.52 Å². The lowest BCUT2D eigenvalue weighted by molar-refractivity contribution is 0.393. The standard InChI is InChI=1S/C11H10N4O2/c1-5-9(6(2)17-15-5)7-3-4-8-10(12-7)14-11(16)13-8/h3-4H,1-2H3,(H2,12,13,14,16). The highest BCUT2D eigenvalue weighted by Crippen LogP contribution is 2.25. The molecule has 3 rings (SSSR count). The highest BCUT2D eigenvalue weighted by molar-refractivity contribution is 5.75. The molecule has 0 fully saturated rings. The minimum absolute atomic E-state index is 0.261. The van der Waals surface area contributed by atoms with Gasteiger partial charge in [-0.1, -0.05) is 5.16 Å². The molecular weight excluding hydrogens is 220 g/mol. The summed E-state index contributed by atoms with van der Waals surface area (Å²) in [6, 6.07) is 3.64. The van der Waals surface area contributed by atoms with Crippen LogP contribution in [0.25, 0.3) is 22.4 Å². The molecule has 17 heavy (non-hydrogen) atoms. The number of nitrogens with one attached hydrogen (secondary N) is 2. The monoisotopic (exact) mass is 230 g/mol. The Kier molecular flexibility index (Phi) is 1.91. The number of hydrogen-bond donors (Lipinski definition) is 2. The van der Waals surface area contributed by atoms with E-state index in [9.17, 15) is 4.79 Å². The van der Waals surface area contributed by atoms with Crippen LogP contribution in [-0.2, 0) is 0 Å². The van der Waals surface area contributed by atoms with E-state index in [-0.39, 0.29) is 5.69 Å². The van der Waals surface area contributed by atoms with Gasteiger partial charge >= 0.3 is 5.69 Å². The molecule has 0 radical (unpaired) electrons. The van der Waals surface area contributed by atoms with E-state index < -0.39 is 0 Å². The lowest BCUT2D eigenvalue weighted by Gasteiger charge is -1.98. The molecule has 0 aromatic carbocycles. The Hall–Kier alpha value is -2.37. The van der Waals surface area contributed by atoms with Gasteiger partial charge in [0.15, 0.2) is 5.65 Å². The second kappa shape index (κ2) is 3.31. The molecule has 3 heterocycles. The number of aromatic amines is 2. The number of fused-ring (bicyclic) bond motifs is 1. The first kappa shape index (κ1) is 9.83. The summed E-state index contributed by atoms with van der Waals surface area (Å²) in [5.41, 5.74) is 3.35. The van der Waals surface area contributed by atoms with Crippen molar-refractivity contribution in [3.05, 3.63) is 34.1 Å². The molecule has 0 bridgehead atoms. The van der Waals surface area contributed by atoms with E-state index in [1.165, 1.54) is 0 Å². The number of hydrogen-bond acceptors (Lipinski definition) is 4. The molecule has 0 aliphatic heterocycles. The Bertz CT molecular complexity index is 731. The van der Waals surface area contributed by atoms with Gasteiger partial charge < -0.3 is 9.51 Å². The van der Waals surface area contributed by atoms with Gasteiger partial charge in [-0.3, -0.25) is 4.98 Å². The van der Waals surface area contributed by atoms with Crippen molar-refractivity contribution in [3.8, 4) is 11.3 Å². The van der Waals surface area contributed by atoms with Gasteiger partial charge in [-0.05, 0) is 26.0 Å². The fourth-order valence-corrected chi connectivity index (χ4v) is 1.90. The number of rotatable bonds is 1. The van der Waals surface area contributed by atoms with Crippen molar-refractivity contribution in [2.75, 3.05) is 0 Å². The first-order chi connectivity index (χ1) is 8.15. The third-order valence-electron chi connectivity index (χ3n) is 2.66. The van der Waals surface area contributed by atoms with Crippen LogP contribution in [-0.4, -0.2) is 20.1 Å². The van der Waals surface area contributed by atoms with Crippen molar-refractivity contribution >= 4 is 11.2 Å². The summed E-state index contributed by atoms with van der Waals surface area (Å²) in [7, 11) is 0. The predicted octanol–water partition coefficient (Wildman–Crippen LogP) is 1.52. The number of pyridine rings is 1. The molecule has 3 aromatic rings. The lowest BCUT2D eigenvalue weighted by atomic mass is 10.1. The molecule has 0 saturated carbocycles. The minimum atomic E-state index is -0.261. The molecule has 0 aliphatic carbocycles. The summed E-state index contributed by atoms with van der Waals surface area (Å²) >= 11 is 0. The molecule has 0 aliphatic rings. The van der Waals surface area contributed by atoms with Crippen LogP contribution in [0.2, 0.25) is 0 Å². The maximum atomic E-state index is 11.1. The van der Waals surface area contributed by atoms with Crippen LogP contribution in [0, 0.1) is 13.8 Å². The van der Waals surface area contributed by atoms with Crippen molar-refractivity contribution < 1.29 is 4.52 Å². The number of aromatic nitrogens is 4. The molecule has 0 unspecified atom stereocenters. The SMILES string of the molecule is Cc1noc(C)c1-c1ccc2[nH]c(=O)[nH]c2n1. The van der Waals surface area contributed by atoms with Gasteiger partial charge in [-0.15, -0.1) is 0 Å². The van der Waals surface area contributed by atoms with Crippen LogP contribution in [0.3, 0.4) is 0 Å².